The fraction of sp³-hybridized carbons (Fsp3) is 0.357. The number of nitrogens with two attached hydrogens (primary N) is 1. The van der Waals surface area contributed by atoms with E-state index in [-0.39, 0.29) is 15.5 Å². The molecule has 1 atom stereocenters. The molecule has 0 saturated heterocycles. The van der Waals surface area contributed by atoms with Crippen molar-refractivity contribution in [3.8, 4) is 0 Å². The van der Waals surface area contributed by atoms with Crippen LogP contribution in [0.5, 0.6) is 0 Å². The molecule has 3 amide bonds. The Morgan fingerprint density at radius 1 is 1.25 bits per heavy atom. The minimum absolute atomic E-state index is 0.0368. The Bertz CT molecular complexity index is 775. The highest BCUT2D eigenvalue weighted by molar-refractivity contribution is 7.90. The molecule has 0 aliphatic heterocycles. The van der Waals surface area contributed by atoms with E-state index in [0.717, 1.165) is 12.3 Å². The van der Waals surface area contributed by atoms with Gasteiger partial charge in [-0.05, 0) is 24.1 Å². The van der Waals surface area contributed by atoms with Crippen LogP contribution in [-0.2, 0) is 19.4 Å². The Kier molecular flexibility index (Phi) is 6.33. The third-order valence-corrected chi connectivity index (χ3v) is 4.37. The van der Waals surface area contributed by atoms with Crippen LogP contribution in [0.3, 0.4) is 0 Å². The zero-order chi connectivity index (χ0) is 18.7. The van der Waals surface area contributed by atoms with Gasteiger partial charge in [0.1, 0.15) is 0 Å². The van der Waals surface area contributed by atoms with Gasteiger partial charge in [0.2, 0.25) is 0 Å². The van der Waals surface area contributed by atoms with Gasteiger partial charge < -0.3 is 10.5 Å². The molecule has 0 fully saturated rings. The van der Waals surface area contributed by atoms with Crippen molar-refractivity contribution < 1.29 is 27.5 Å². The number of carbonyl (C=O) groups excluding carboxylic acids is 3. The third-order valence-electron chi connectivity index (χ3n) is 2.93. The first kappa shape index (κ1) is 19.9. The lowest BCUT2D eigenvalue weighted by atomic mass is 10.1. The first-order chi connectivity index (χ1) is 10.9. The molecule has 0 bridgehead atoms. The smallest absolute Gasteiger partial charge is 0.340 e. The summed E-state index contributed by atoms with van der Waals surface area (Å²) in [5.41, 5.74) is 4.65. The molecule has 1 aromatic rings. The number of hydrogen-bond donors (Lipinski definition) is 2. The second kappa shape index (κ2) is 7.63. The average Bonchev–Trinajstić information content (AvgIpc) is 2.42. The summed E-state index contributed by atoms with van der Waals surface area (Å²) in [6.07, 6.45) is -0.328. The molecular formula is C14H17ClN2O6S. The van der Waals surface area contributed by atoms with E-state index in [1.54, 1.807) is 13.8 Å². The maximum absolute atomic E-state index is 12.3. The van der Waals surface area contributed by atoms with Crippen molar-refractivity contribution in [1.29, 1.82) is 0 Å². The summed E-state index contributed by atoms with van der Waals surface area (Å²) >= 11 is 5.90. The number of nitrogens with one attached hydrogen (secondary N) is 1. The van der Waals surface area contributed by atoms with Gasteiger partial charge in [-0.25, -0.2) is 18.0 Å². The summed E-state index contributed by atoms with van der Waals surface area (Å²) in [5.74, 6) is -2.35. The van der Waals surface area contributed by atoms with Crippen LogP contribution in [0, 0.1) is 5.92 Å². The lowest BCUT2D eigenvalue weighted by molar-refractivity contribution is -0.130. The number of hydrogen-bond acceptors (Lipinski definition) is 6. The highest BCUT2D eigenvalue weighted by Crippen LogP contribution is 2.22. The molecule has 0 spiro atoms. The number of rotatable bonds is 5. The molecule has 1 aromatic carbocycles. The molecule has 24 heavy (non-hydrogen) atoms. The van der Waals surface area contributed by atoms with Gasteiger partial charge in [0.25, 0.3) is 5.91 Å². The van der Waals surface area contributed by atoms with E-state index in [1.165, 1.54) is 12.1 Å². The van der Waals surface area contributed by atoms with Crippen LogP contribution in [0.15, 0.2) is 23.1 Å². The van der Waals surface area contributed by atoms with E-state index in [9.17, 15) is 22.8 Å². The zero-order valence-corrected chi connectivity index (χ0v) is 14.8. The van der Waals surface area contributed by atoms with Gasteiger partial charge >= 0.3 is 12.0 Å². The standard InChI is InChI=1S/C14H17ClN2O6S/c1-7(2)11(12(18)17-14(16)20)23-13(19)9-6-8(24(3,21)22)4-5-10(9)15/h4-7,11H,1-3H3,(H3,16,17,18,20)/t11-/m1/s1. The molecule has 0 heterocycles. The number of urea groups is 1. The van der Waals surface area contributed by atoms with Gasteiger partial charge in [-0.15, -0.1) is 0 Å². The molecule has 0 saturated carbocycles. The van der Waals surface area contributed by atoms with Crippen molar-refractivity contribution in [2.24, 2.45) is 11.7 Å². The summed E-state index contributed by atoms with van der Waals surface area (Å²) in [7, 11) is -3.56. The summed E-state index contributed by atoms with van der Waals surface area (Å²) in [4.78, 5) is 34.7. The van der Waals surface area contributed by atoms with Crippen LogP contribution in [0.2, 0.25) is 5.02 Å². The highest BCUT2D eigenvalue weighted by atomic mass is 35.5. The first-order valence-electron chi connectivity index (χ1n) is 6.74. The predicted molar refractivity (Wildman–Crippen MR) is 86.3 cm³/mol. The van der Waals surface area contributed by atoms with E-state index in [2.05, 4.69) is 0 Å². The molecule has 0 unspecified atom stereocenters. The number of sulfone groups is 1. The van der Waals surface area contributed by atoms with Gasteiger partial charge in [-0.2, -0.15) is 0 Å². The van der Waals surface area contributed by atoms with Crippen LogP contribution in [0.4, 0.5) is 4.79 Å². The summed E-state index contributed by atoms with van der Waals surface area (Å²) in [6, 6.07) is 2.46. The van der Waals surface area contributed by atoms with Crippen LogP contribution < -0.4 is 11.1 Å². The summed E-state index contributed by atoms with van der Waals surface area (Å²) in [5, 5.41) is 1.79. The van der Waals surface area contributed by atoms with Crippen LogP contribution in [0.1, 0.15) is 24.2 Å². The maximum Gasteiger partial charge on any atom is 0.340 e. The Labute approximate surface area is 144 Å². The first-order valence-corrected chi connectivity index (χ1v) is 9.01. The fourth-order valence-electron chi connectivity index (χ4n) is 1.76. The molecule has 132 valence electrons. The van der Waals surface area contributed by atoms with E-state index < -0.39 is 39.8 Å². The fourth-order valence-corrected chi connectivity index (χ4v) is 2.60. The maximum atomic E-state index is 12.3. The monoisotopic (exact) mass is 376 g/mol. The zero-order valence-electron chi connectivity index (χ0n) is 13.2. The summed E-state index contributed by atoms with van der Waals surface area (Å²) in [6.45, 7) is 3.18. The molecular weight excluding hydrogens is 360 g/mol. The number of primary amides is 1. The van der Waals surface area contributed by atoms with Gasteiger partial charge in [0.05, 0.1) is 15.5 Å². The molecule has 0 aliphatic rings. The molecule has 8 nitrogen and oxygen atoms in total. The van der Waals surface area contributed by atoms with Gasteiger partial charge in [0, 0.05) is 6.26 Å². The molecule has 0 aromatic heterocycles. The summed E-state index contributed by atoms with van der Waals surface area (Å²) < 4.78 is 28.2. The van der Waals surface area contributed by atoms with E-state index >= 15 is 0 Å². The van der Waals surface area contributed by atoms with Crippen molar-refractivity contribution in [3.63, 3.8) is 0 Å². The molecule has 0 radical (unpaired) electrons. The molecule has 1 rings (SSSR count). The van der Waals surface area contributed by atoms with Gasteiger partial charge in [-0.1, -0.05) is 25.4 Å². The number of amides is 3. The van der Waals surface area contributed by atoms with E-state index in [4.69, 9.17) is 22.1 Å². The van der Waals surface area contributed by atoms with Crippen molar-refractivity contribution >= 4 is 39.3 Å². The van der Waals surface area contributed by atoms with Gasteiger partial charge in [0.15, 0.2) is 15.9 Å². The van der Waals surface area contributed by atoms with E-state index in [1.807, 2.05) is 5.32 Å². The van der Waals surface area contributed by atoms with Crippen LogP contribution >= 0.6 is 11.6 Å². The number of benzene rings is 1. The Morgan fingerprint density at radius 3 is 2.29 bits per heavy atom. The van der Waals surface area contributed by atoms with Crippen molar-refractivity contribution in [2.45, 2.75) is 24.8 Å². The van der Waals surface area contributed by atoms with Crippen molar-refractivity contribution in [2.75, 3.05) is 6.26 Å². The Balaban J connectivity index is 3.12. The minimum atomic E-state index is -3.56. The topological polar surface area (TPSA) is 133 Å². The third kappa shape index (κ3) is 5.20. The van der Waals surface area contributed by atoms with E-state index in [0.29, 0.717) is 0 Å². The highest BCUT2D eigenvalue weighted by Gasteiger charge is 2.29. The predicted octanol–water partition coefficient (Wildman–Crippen LogP) is 1.12. The van der Waals surface area contributed by atoms with Crippen LogP contribution in [-0.4, -0.2) is 38.7 Å². The number of imide groups is 1. The van der Waals surface area contributed by atoms with Crippen molar-refractivity contribution in [3.05, 3.63) is 28.8 Å². The Morgan fingerprint density at radius 2 is 1.83 bits per heavy atom. The number of halogens is 1. The average molecular weight is 377 g/mol. The number of esters is 1. The SMILES string of the molecule is CC(C)[C@@H](OC(=O)c1cc(S(C)(=O)=O)ccc1Cl)C(=O)NC(N)=O. The van der Waals surface area contributed by atoms with Crippen molar-refractivity contribution in [1.82, 2.24) is 5.32 Å². The normalized spacial score (nSPS) is 12.5. The largest absolute Gasteiger partial charge is 0.448 e. The molecule has 0 aliphatic carbocycles. The number of carbonyl (C=O) groups is 3. The second-order valence-corrected chi connectivity index (χ2v) is 7.76. The lowest BCUT2D eigenvalue weighted by Gasteiger charge is -2.20. The lowest BCUT2D eigenvalue weighted by Crippen LogP contribution is -2.45. The van der Waals surface area contributed by atoms with Gasteiger partial charge in [-0.3, -0.25) is 10.1 Å². The number of ether oxygens (including phenoxy) is 1. The van der Waals surface area contributed by atoms with Crippen LogP contribution in [0.25, 0.3) is 0 Å². The molecule has 3 N–H and O–H groups in total. The quantitative estimate of drug-likeness (QED) is 0.740. The minimum Gasteiger partial charge on any atom is -0.448 e. The second-order valence-electron chi connectivity index (χ2n) is 5.34. The Hall–Kier alpha value is -2.13. The molecule has 10 heteroatoms.